The molecule has 0 unspecified atom stereocenters. The van der Waals surface area contributed by atoms with Crippen LogP contribution in [0.4, 0.5) is 0 Å². The first-order valence-corrected chi connectivity index (χ1v) is 6.30. The largest absolute Gasteiger partial charge is 0.345 e. The molecule has 86 valence electrons. The molecule has 2 fully saturated rings. The molecule has 2 aliphatic rings. The van der Waals surface area contributed by atoms with E-state index in [0.29, 0.717) is 18.2 Å². The number of hydrogen-bond acceptors (Lipinski definition) is 5. The molecule has 1 aromatic heterocycles. The number of hydrogen-bond donors (Lipinski definition) is 0. The summed E-state index contributed by atoms with van der Waals surface area (Å²) in [4.78, 5) is 16.3. The van der Waals surface area contributed by atoms with E-state index in [9.17, 15) is 4.79 Å². The van der Waals surface area contributed by atoms with Gasteiger partial charge in [0.2, 0.25) is 6.29 Å². The number of ketones is 1. The standard InChI is InChI=1S/C11H13NO3S/c1-11(2-3-11)8(13)9-12-7(6-16-9)10-14-4-5-15-10/h6,10H,2-5H2,1H3. The van der Waals surface area contributed by atoms with Crippen molar-refractivity contribution < 1.29 is 14.3 Å². The molecule has 16 heavy (non-hydrogen) atoms. The molecule has 0 aromatic carbocycles. The highest BCUT2D eigenvalue weighted by molar-refractivity contribution is 7.11. The molecule has 0 spiro atoms. The third-order valence-electron chi connectivity index (χ3n) is 3.13. The van der Waals surface area contributed by atoms with Crippen LogP contribution in [0.1, 0.15) is 41.6 Å². The van der Waals surface area contributed by atoms with Gasteiger partial charge in [-0.3, -0.25) is 4.79 Å². The van der Waals surface area contributed by atoms with E-state index < -0.39 is 0 Å². The predicted octanol–water partition coefficient (Wildman–Crippen LogP) is 2.17. The smallest absolute Gasteiger partial charge is 0.202 e. The van der Waals surface area contributed by atoms with Crippen LogP contribution < -0.4 is 0 Å². The van der Waals surface area contributed by atoms with Gasteiger partial charge in [0.15, 0.2) is 10.8 Å². The number of thiazole rings is 1. The molecule has 1 aromatic rings. The molecule has 1 saturated carbocycles. The van der Waals surface area contributed by atoms with Crippen molar-refractivity contribution in [2.75, 3.05) is 13.2 Å². The van der Waals surface area contributed by atoms with E-state index in [1.54, 1.807) is 0 Å². The minimum absolute atomic E-state index is 0.146. The summed E-state index contributed by atoms with van der Waals surface area (Å²) in [5, 5.41) is 2.45. The van der Waals surface area contributed by atoms with Crippen molar-refractivity contribution in [3.05, 3.63) is 16.1 Å². The van der Waals surface area contributed by atoms with Gasteiger partial charge in [0, 0.05) is 10.8 Å². The van der Waals surface area contributed by atoms with E-state index in [1.807, 2.05) is 12.3 Å². The fourth-order valence-corrected chi connectivity index (χ4v) is 2.61. The third-order valence-corrected chi connectivity index (χ3v) is 3.99. The zero-order valence-corrected chi connectivity index (χ0v) is 9.88. The Morgan fingerprint density at radius 2 is 2.19 bits per heavy atom. The lowest BCUT2D eigenvalue weighted by molar-refractivity contribution is -0.0469. The SMILES string of the molecule is CC1(C(=O)c2nc(C3OCCO3)cs2)CC1. The van der Waals surface area contributed by atoms with Crippen LogP contribution in [0.25, 0.3) is 0 Å². The molecular weight excluding hydrogens is 226 g/mol. The number of Topliss-reactive ketones (excluding diaryl/α,β-unsaturated/α-hetero) is 1. The highest BCUT2D eigenvalue weighted by Crippen LogP contribution is 2.48. The molecule has 1 aliphatic carbocycles. The van der Waals surface area contributed by atoms with E-state index in [2.05, 4.69) is 4.98 Å². The maximum atomic E-state index is 12.0. The van der Waals surface area contributed by atoms with Crippen molar-refractivity contribution in [1.82, 2.24) is 4.98 Å². The van der Waals surface area contributed by atoms with Crippen LogP contribution in [-0.4, -0.2) is 24.0 Å². The second-order valence-corrected chi connectivity index (χ2v) is 5.40. The summed E-state index contributed by atoms with van der Waals surface area (Å²) in [7, 11) is 0. The number of aromatic nitrogens is 1. The summed E-state index contributed by atoms with van der Waals surface area (Å²) >= 11 is 1.39. The van der Waals surface area contributed by atoms with E-state index in [1.165, 1.54) is 11.3 Å². The molecule has 0 bridgehead atoms. The van der Waals surface area contributed by atoms with Gasteiger partial charge < -0.3 is 9.47 Å². The van der Waals surface area contributed by atoms with Gasteiger partial charge in [-0.25, -0.2) is 4.98 Å². The molecule has 0 amide bonds. The van der Waals surface area contributed by atoms with Gasteiger partial charge in [-0.05, 0) is 12.8 Å². The van der Waals surface area contributed by atoms with Gasteiger partial charge in [-0.2, -0.15) is 0 Å². The van der Waals surface area contributed by atoms with Gasteiger partial charge >= 0.3 is 0 Å². The molecule has 0 atom stereocenters. The zero-order chi connectivity index (χ0) is 11.2. The van der Waals surface area contributed by atoms with Crippen molar-refractivity contribution in [1.29, 1.82) is 0 Å². The van der Waals surface area contributed by atoms with Gasteiger partial charge in [0.1, 0.15) is 5.69 Å². The summed E-state index contributed by atoms with van der Waals surface area (Å²) in [6, 6.07) is 0. The average molecular weight is 239 g/mol. The zero-order valence-electron chi connectivity index (χ0n) is 9.06. The summed E-state index contributed by atoms with van der Waals surface area (Å²) in [6.07, 6.45) is 1.60. The monoisotopic (exact) mass is 239 g/mol. The molecule has 3 rings (SSSR count). The first kappa shape index (κ1) is 10.4. The van der Waals surface area contributed by atoms with Crippen LogP contribution in [0.15, 0.2) is 5.38 Å². The molecular formula is C11H13NO3S. The number of carbonyl (C=O) groups is 1. The first-order valence-electron chi connectivity index (χ1n) is 5.42. The first-order chi connectivity index (χ1) is 7.69. The molecule has 4 nitrogen and oxygen atoms in total. The summed E-state index contributed by atoms with van der Waals surface area (Å²) in [5.41, 5.74) is 0.585. The van der Waals surface area contributed by atoms with Crippen LogP contribution >= 0.6 is 11.3 Å². The van der Waals surface area contributed by atoms with Crippen molar-refractivity contribution >= 4 is 17.1 Å². The Hall–Kier alpha value is -0.780. The van der Waals surface area contributed by atoms with E-state index in [-0.39, 0.29) is 17.5 Å². The van der Waals surface area contributed by atoms with E-state index in [4.69, 9.17) is 9.47 Å². The predicted molar refractivity (Wildman–Crippen MR) is 58.4 cm³/mol. The van der Waals surface area contributed by atoms with Gasteiger partial charge in [-0.1, -0.05) is 6.92 Å². The Balaban J connectivity index is 1.79. The molecule has 2 heterocycles. The van der Waals surface area contributed by atoms with Gasteiger partial charge in [0.05, 0.1) is 13.2 Å². The number of ether oxygens (including phenoxy) is 2. The Morgan fingerprint density at radius 3 is 2.81 bits per heavy atom. The lowest BCUT2D eigenvalue weighted by Gasteiger charge is -2.05. The van der Waals surface area contributed by atoms with E-state index >= 15 is 0 Å². The van der Waals surface area contributed by atoms with Crippen molar-refractivity contribution in [3.8, 4) is 0 Å². The summed E-state index contributed by atoms with van der Waals surface area (Å²) in [6.45, 7) is 3.20. The number of carbonyl (C=O) groups excluding carboxylic acids is 1. The van der Waals surface area contributed by atoms with Crippen LogP contribution in [0.3, 0.4) is 0 Å². The Kier molecular flexibility index (Phi) is 2.34. The van der Waals surface area contributed by atoms with Crippen LogP contribution in [0.5, 0.6) is 0 Å². The van der Waals surface area contributed by atoms with Crippen molar-refractivity contribution in [2.45, 2.75) is 26.1 Å². The molecule has 0 radical (unpaired) electrons. The van der Waals surface area contributed by atoms with Crippen molar-refractivity contribution in [2.24, 2.45) is 5.41 Å². The Morgan fingerprint density at radius 1 is 1.50 bits per heavy atom. The molecule has 5 heteroatoms. The lowest BCUT2D eigenvalue weighted by Crippen LogP contribution is -2.12. The van der Waals surface area contributed by atoms with E-state index in [0.717, 1.165) is 18.5 Å². The molecule has 1 saturated heterocycles. The Bertz CT molecular complexity index is 419. The van der Waals surface area contributed by atoms with Gasteiger partial charge in [-0.15, -0.1) is 11.3 Å². The highest BCUT2D eigenvalue weighted by Gasteiger charge is 2.46. The van der Waals surface area contributed by atoms with Gasteiger partial charge in [0.25, 0.3) is 0 Å². The summed E-state index contributed by atoms with van der Waals surface area (Å²) in [5.74, 6) is 0.168. The highest BCUT2D eigenvalue weighted by atomic mass is 32.1. The van der Waals surface area contributed by atoms with Crippen molar-refractivity contribution in [3.63, 3.8) is 0 Å². The van der Waals surface area contributed by atoms with Crippen LogP contribution in [-0.2, 0) is 9.47 Å². The lowest BCUT2D eigenvalue weighted by atomic mass is 10.1. The third kappa shape index (κ3) is 1.69. The quantitative estimate of drug-likeness (QED) is 0.758. The molecule has 1 aliphatic heterocycles. The van der Waals surface area contributed by atoms with Crippen LogP contribution in [0, 0.1) is 5.41 Å². The minimum Gasteiger partial charge on any atom is -0.345 e. The number of nitrogens with zero attached hydrogens (tertiary/aromatic N) is 1. The normalized spacial score (nSPS) is 23.6. The molecule has 0 N–H and O–H groups in total. The Labute approximate surface area is 97.6 Å². The van der Waals surface area contributed by atoms with Crippen LogP contribution in [0.2, 0.25) is 0 Å². The second kappa shape index (κ2) is 3.61. The summed E-state index contributed by atoms with van der Waals surface area (Å²) < 4.78 is 10.7. The topological polar surface area (TPSA) is 48.4 Å². The number of rotatable bonds is 3. The fraction of sp³-hybridized carbons (Fsp3) is 0.636. The maximum absolute atomic E-state index is 12.0. The second-order valence-electron chi connectivity index (χ2n) is 4.54. The maximum Gasteiger partial charge on any atom is 0.202 e. The average Bonchev–Trinajstić information content (AvgIpc) is 2.82. The fourth-order valence-electron chi connectivity index (χ4n) is 1.70. The minimum atomic E-state index is -0.371.